The van der Waals surface area contributed by atoms with E-state index in [-0.39, 0.29) is 6.04 Å². The quantitative estimate of drug-likeness (QED) is 0.445. The van der Waals surface area contributed by atoms with Crippen LogP contribution in [0.4, 0.5) is 0 Å². The third kappa shape index (κ3) is 3.88. The predicted octanol–water partition coefficient (Wildman–Crippen LogP) is 5.62. The molecule has 0 fully saturated rings. The molecule has 5 rings (SSSR count). The summed E-state index contributed by atoms with van der Waals surface area (Å²) >= 11 is 0. The number of hydrogen-bond acceptors (Lipinski definition) is 4. The zero-order valence-electron chi connectivity index (χ0n) is 17.3. The zero-order valence-corrected chi connectivity index (χ0v) is 17.3. The fourth-order valence-corrected chi connectivity index (χ4v) is 3.85. The summed E-state index contributed by atoms with van der Waals surface area (Å²) in [5.74, 6) is 1.69. The fraction of sp³-hybridized carbons (Fsp3) is 0.0741. The molecule has 0 saturated heterocycles. The summed E-state index contributed by atoms with van der Waals surface area (Å²) in [6.45, 7) is 0. The van der Waals surface area contributed by atoms with Gasteiger partial charge < -0.3 is 4.90 Å². The molecule has 1 unspecified atom stereocenters. The molecule has 31 heavy (non-hydrogen) atoms. The van der Waals surface area contributed by atoms with E-state index in [1.165, 1.54) is 5.56 Å². The Balaban J connectivity index is 1.56. The lowest BCUT2D eigenvalue weighted by atomic mass is 9.98. The topological polar surface area (TPSA) is 41.4 Å². The van der Waals surface area contributed by atoms with E-state index in [0.29, 0.717) is 0 Å². The van der Waals surface area contributed by atoms with Crippen molar-refractivity contribution in [2.75, 3.05) is 7.05 Å². The van der Waals surface area contributed by atoms with E-state index in [0.717, 1.165) is 34.0 Å². The molecule has 1 atom stereocenters. The third-order valence-electron chi connectivity index (χ3n) is 5.47. The Labute approximate surface area is 182 Å². The van der Waals surface area contributed by atoms with Crippen LogP contribution in [-0.2, 0) is 0 Å². The van der Waals surface area contributed by atoms with E-state index >= 15 is 0 Å². The first kappa shape index (κ1) is 18.9. The molecule has 1 aliphatic rings. The minimum absolute atomic E-state index is 0.0636. The van der Waals surface area contributed by atoms with Crippen molar-refractivity contribution in [1.29, 1.82) is 0 Å². The van der Waals surface area contributed by atoms with Crippen molar-refractivity contribution >= 4 is 11.5 Å². The smallest absolute Gasteiger partial charge is 0.159 e. The van der Waals surface area contributed by atoms with Crippen LogP contribution in [0.1, 0.15) is 22.7 Å². The minimum Gasteiger partial charge on any atom is -0.349 e. The van der Waals surface area contributed by atoms with Crippen molar-refractivity contribution < 1.29 is 0 Å². The second kappa shape index (κ2) is 8.36. The van der Waals surface area contributed by atoms with E-state index in [1.807, 2.05) is 18.2 Å². The largest absolute Gasteiger partial charge is 0.349 e. The third-order valence-corrected chi connectivity index (χ3v) is 5.47. The van der Waals surface area contributed by atoms with E-state index < -0.39 is 0 Å². The van der Waals surface area contributed by atoms with Crippen molar-refractivity contribution in [3.63, 3.8) is 0 Å². The van der Waals surface area contributed by atoms with Crippen molar-refractivity contribution in [2.24, 2.45) is 4.99 Å². The highest BCUT2D eigenvalue weighted by atomic mass is 15.2. The van der Waals surface area contributed by atoms with Crippen LogP contribution in [0.5, 0.6) is 0 Å². The second-order valence-electron chi connectivity index (χ2n) is 7.47. The van der Waals surface area contributed by atoms with Gasteiger partial charge in [-0.05, 0) is 23.3 Å². The highest BCUT2D eigenvalue weighted by molar-refractivity contribution is 6.03. The Bertz CT molecular complexity index is 1210. The van der Waals surface area contributed by atoms with Gasteiger partial charge in [0.1, 0.15) is 5.84 Å². The summed E-state index contributed by atoms with van der Waals surface area (Å²) in [5.41, 5.74) is 5.40. The Morgan fingerprint density at radius 1 is 0.645 bits per heavy atom. The summed E-state index contributed by atoms with van der Waals surface area (Å²) in [7, 11) is 2.10. The lowest BCUT2D eigenvalue weighted by molar-refractivity contribution is 0.435. The Hall–Kier alpha value is -4.05. The standard InChI is InChI=1S/C27H22N4/c1-31-25(21-13-15-22(16-14-21)26-28-17-8-18-29-26)19-24(20-9-4-2-5-10-20)30-27(31)23-11-6-3-7-12-23/h2-19,25H,1H3. The summed E-state index contributed by atoms with van der Waals surface area (Å²) in [5, 5.41) is 0. The number of hydrogen-bond donors (Lipinski definition) is 0. The summed E-state index contributed by atoms with van der Waals surface area (Å²) in [6.07, 6.45) is 5.76. The molecule has 0 amide bonds. The van der Waals surface area contributed by atoms with E-state index in [4.69, 9.17) is 4.99 Å². The van der Waals surface area contributed by atoms with Crippen LogP contribution < -0.4 is 0 Å². The minimum atomic E-state index is 0.0636. The van der Waals surface area contributed by atoms with Gasteiger partial charge in [-0.15, -0.1) is 0 Å². The van der Waals surface area contributed by atoms with Gasteiger partial charge in [-0.1, -0.05) is 84.9 Å². The molecular formula is C27H22N4. The van der Waals surface area contributed by atoms with E-state index in [9.17, 15) is 0 Å². The van der Waals surface area contributed by atoms with Gasteiger partial charge in [-0.2, -0.15) is 0 Å². The lowest BCUT2D eigenvalue weighted by Crippen LogP contribution is -2.33. The summed E-state index contributed by atoms with van der Waals surface area (Å²) in [4.78, 5) is 16.0. The Morgan fingerprint density at radius 2 is 1.26 bits per heavy atom. The molecule has 0 bridgehead atoms. The Morgan fingerprint density at radius 3 is 1.90 bits per heavy atom. The maximum Gasteiger partial charge on any atom is 0.159 e. The van der Waals surface area contributed by atoms with Gasteiger partial charge in [-0.25, -0.2) is 15.0 Å². The van der Waals surface area contributed by atoms with Crippen LogP contribution in [0.15, 0.2) is 114 Å². The van der Waals surface area contributed by atoms with Crippen molar-refractivity contribution in [3.8, 4) is 11.4 Å². The number of likely N-dealkylation sites (N-methyl/N-ethyl adjacent to an activating group) is 1. The lowest BCUT2D eigenvalue weighted by Gasteiger charge is -2.33. The summed E-state index contributed by atoms with van der Waals surface area (Å²) < 4.78 is 0. The number of nitrogens with zero attached hydrogens (tertiary/aromatic N) is 4. The van der Waals surface area contributed by atoms with Gasteiger partial charge in [0.25, 0.3) is 0 Å². The molecule has 0 N–H and O–H groups in total. The fourth-order valence-electron chi connectivity index (χ4n) is 3.85. The number of benzene rings is 3. The van der Waals surface area contributed by atoms with Gasteiger partial charge in [-0.3, -0.25) is 0 Å². The molecular weight excluding hydrogens is 380 g/mol. The highest BCUT2D eigenvalue weighted by Crippen LogP contribution is 2.33. The van der Waals surface area contributed by atoms with Crippen molar-refractivity contribution in [2.45, 2.75) is 6.04 Å². The van der Waals surface area contributed by atoms with Gasteiger partial charge in [0.05, 0.1) is 11.7 Å². The summed E-state index contributed by atoms with van der Waals surface area (Å²) in [6, 6.07) is 31.1. The van der Waals surface area contributed by atoms with Crippen LogP contribution in [-0.4, -0.2) is 27.8 Å². The van der Waals surface area contributed by atoms with Crippen LogP contribution in [0, 0.1) is 0 Å². The molecule has 0 spiro atoms. The predicted molar refractivity (Wildman–Crippen MR) is 125 cm³/mol. The average molecular weight is 403 g/mol. The van der Waals surface area contributed by atoms with E-state index in [2.05, 4.69) is 101 Å². The SMILES string of the molecule is CN1C(c2ccccc2)=NC(c2ccccc2)=CC1c1ccc(-c2ncccn2)cc1. The molecule has 4 heteroatoms. The molecule has 4 nitrogen and oxygen atoms in total. The number of rotatable bonds is 4. The van der Waals surface area contributed by atoms with Gasteiger partial charge in [0.2, 0.25) is 0 Å². The number of aromatic nitrogens is 2. The molecule has 0 radical (unpaired) electrons. The average Bonchev–Trinajstić information content (AvgIpc) is 2.86. The number of amidine groups is 1. The van der Waals surface area contributed by atoms with Gasteiger partial charge in [0, 0.05) is 30.6 Å². The molecule has 4 aromatic rings. The van der Waals surface area contributed by atoms with Crippen LogP contribution >= 0.6 is 0 Å². The van der Waals surface area contributed by atoms with Gasteiger partial charge in [0.15, 0.2) is 5.82 Å². The van der Waals surface area contributed by atoms with Crippen LogP contribution in [0.25, 0.3) is 17.1 Å². The first-order chi connectivity index (χ1) is 15.3. The maximum absolute atomic E-state index is 5.03. The van der Waals surface area contributed by atoms with Crippen molar-refractivity contribution in [1.82, 2.24) is 14.9 Å². The van der Waals surface area contributed by atoms with E-state index in [1.54, 1.807) is 12.4 Å². The second-order valence-corrected chi connectivity index (χ2v) is 7.47. The molecule has 0 saturated carbocycles. The van der Waals surface area contributed by atoms with Gasteiger partial charge >= 0.3 is 0 Å². The Kier molecular flexibility index (Phi) is 5.11. The molecule has 3 aromatic carbocycles. The molecule has 0 aliphatic carbocycles. The van der Waals surface area contributed by atoms with Crippen molar-refractivity contribution in [3.05, 3.63) is 126 Å². The maximum atomic E-state index is 5.03. The molecule has 2 heterocycles. The number of aliphatic imine (C=N–C) groups is 1. The molecule has 150 valence electrons. The highest BCUT2D eigenvalue weighted by Gasteiger charge is 2.25. The molecule has 1 aliphatic heterocycles. The first-order valence-electron chi connectivity index (χ1n) is 10.3. The monoisotopic (exact) mass is 402 g/mol. The first-order valence-corrected chi connectivity index (χ1v) is 10.3. The zero-order chi connectivity index (χ0) is 21.0. The van der Waals surface area contributed by atoms with Crippen LogP contribution in [0.3, 0.4) is 0 Å². The van der Waals surface area contributed by atoms with Crippen LogP contribution in [0.2, 0.25) is 0 Å². The normalized spacial score (nSPS) is 15.9. The molecule has 1 aromatic heterocycles.